The van der Waals surface area contributed by atoms with Crippen molar-refractivity contribution in [2.75, 3.05) is 18.4 Å². The summed E-state index contributed by atoms with van der Waals surface area (Å²) in [6.45, 7) is 1.21. The maximum atomic E-state index is 12.3. The van der Waals surface area contributed by atoms with Gasteiger partial charge in [-0.15, -0.1) is 0 Å². The summed E-state index contributed by atoms with van der Waals surface area (Å²) in [5, 5.41) is 12.3. The molecular formula is C15H19N3O3. The summed E-state index contributed by atoms with van der Waals surface area (Å²) in [6.07, 6.45) is 5.07. The van der Waals surface area contributed by atoms with Gasteiger partial charge in [0.05, 0.1) is 5.92 Å². The maximum Gasteiger partial charge on any atom is 0.230 e. The van der Waals surface area contributed by atoms with Crippen LogP contribution in [0.5, 0.6) is 5.75 Å². The zero-order chi connectivity index (χ0) is 14.8. The SMILES string of the molecule is O=C(Nc1ncccc1O)[C@@H]1CCCN(C(=O)C2CC2)C1. The first kappa shape index (κ1) is 13.9. The summed E-state index contributed by atoms with van der Waals surface area (Å²) < 4.78 is 0. The second kappa shape index (κ2) is 5.71. The Kier molecular flexibility index (Phi) is 3.77. The van der Waals surface area contributed by atoms with Crippen LogP contribution in [0.15, 0.2) is 18.3 Å². The Morgan fingerprint density at radius 2 is 2.10 bits per heavy atom. The predicted octanol–water partition coefficient (Wildman–Crippen LogP) is 1.37. The highest BCUT2D eigenvalue weighted by Crippen LogP contribution is 2.32. The molecule has 2 amide bonds. The highest BCUT2D eigenvalue weighted by Gasteiger charge is 2.36. The van der Waals surface area contributed by atoms with E-state index in [4.69, 9.17) is 0 Å². The van der Waals surface area contributed by atoms with Crippen LogP contribution in [-0.4, -0.2) is 39.9 Å². The van der Waals surface area contributed by atoms with Crippen molar-refractivity contribution in [2.24, 2.45) is 11.8 Å². The van der Waals surface area contributed by atoms with Gasteiger partial charge in [0.25, 0.3) is 0 Å². The minimum atomic E-state index is -0.233. The van der Waals surface area contributed by atoms with Crippen molar-refractivity contribution in [2.45, 2.75) is 25.7 Å². The van der Waals surface area contributed by atoms with Crippen LogP contribution in [0.25, 0.3) is 0 Å². The molecular weight excluding hydrogens is 270 g/mol. The quantitative estimate of drug-likeness (QED) is 0.880. The molecule has 1 atom stereocenters. The van der Waals surface area contributed by atoms with Crippen LogP contribution in [0.4, 0.5) is 5.82 Å². The van der Waals surface area contributed by atoms with E-state index in [9.17, 15) is 14.7 Å². The largest absolute Gasteiger partial charge is 0.504 e. The number of pyridine rings is 1. The summed E-state index contributed by atoms with van der Waals surface area (Å²) in [4.78, 5) is 30.1. The molecule has 21 heavy (non-hydrogen) atoms. The van der Waals surface area contributed by atoms with Crippen LogP contribution in [0.2, 0.25) is 0 Å². The average molecular weight is 289 g/mol. The number of nitrogens with one attached hydrogen (secondary N) is 1. The van der Waals surface area contributed by atoms with Crippen molar-refractivity contribution in [3.8, 4) is 5.75 Å². The Morgan fingerprint density at radius 1 is 1.29 bits per heavy atom. The summed E-state index contributed by atoms with van der Waals surface area (Å²) in [7, 11) is 0. The van der Waals surface area contributed by atoms with Gasteiger partial charge in [-0.25, -0.2) is 4.98 Å². The number of carbonyl (C=O) groups is 2. The zero-order valence-corrected chi connectivity index (χ0v) is 11.8. The lowest BCUT2D eigenvalue weighted by Crippen LogP contribution is -2.44. The van der Waals surface area contributed by atoms with E-state index >= 15 is 0 Å². The first-order chi connectivity index (χ1) is 10.1. The molecule has 1 aromatic rings. The monoisotopic (exact) mass is 289 g/mol. The van der Waals surface area contributed by atoms with E-state index in [0.29, 0.717) is 6.54 Å². The lowest BCUT2D eigenvalue weighted by Gasteiger charge is -2.32. The van der Waals surface area contributed by atoms with Crippen molar-refractivity contribution >= 4 is 17.6 Å². The molecule has 1 aromatic heterocycles. The summed E-state index contributed by atoms with van der Waals surface area (Å²) in [5.41, 5.74) is 0. The second-order valence-electron chi connectivity index (χ2n) is 5.76. The summed E-state index contributed by atoms with van der Waals surface area (Å²) in [6, 6.07) is 3.08. The standard InChI is InChI=1S/C15H19N3O3/c19-12-4-1-7-16-13(12)17-14(20)11-3-2-8-18(9-11)15(21)10-5-6-10/h1,4,7,10-11,19H,2-3,5-6,8-9H2,(H,16,17,20)/t11-/m1/s1. The van der Waals surface area contributed by atoms with Crippen LogP contribution < -0.4 is 5.32 Å². The second-order valence-corrected chi connectivity index (χ2v) is 5.76. The number of anilines is 1. The summed E-state index contributed by atoms with van der Waals surface area (Å²) >= 11 is 0. The number of nitrogens with zero attached hydrogens (tertiary/aromatic N) is 2. The van der Waals surface area contributed by atoms with Gasteiger partial charge in [0.1, 0.15) is 0 Å². The smallest absolute Gasteiger partial charge is 0.230 e. The van der Waals surface area contributed by atoms with Crippen molar-refractivity contribution in [3.05, 3.63) is 18.3 Å². The Morgan fingerprint density at radius 3 is 2.81 bits per heavy atom. The average Bonchev–Trinajstić information content (AvgIpc) is 3.34. The first-order valence-corrected chi connectivity index (χ1v) is 7.39. The fourth-order valence-electron chi connectivity index (χ4n) is 2.69. The molecule has 1 aliphatic carbocycles. The van der Waals surface area contributed by atoms with E-state index in [-0.39, 0.29) is 35.2 Å². The Bertz CT molecular complexity index is 557. The van der Waals surface area contributed by atoms with Crippen LogP contribution in [0, 0.1) is 11.8 Å². The number of rotatable bonds is 3. The lowest BCUT2D eigenvalue weighted by molar-refractivity contribution is -0.135. The third kappa shape index (κ3) is 3.15. The van der Waals surface area contributed by atoms with Crippen molar-refractivity contribution in [1.82, 2.24) is 9.88 Å². The number of hydrogen-bond donors (Lipinski definition) is 2. The van der Waals surface area contributed by atoms with Crippen LogP contribution in [-0.2, 0) is 9.59 Å². The fraction of sp³-hybridized carbons (Fsp3) is 0.533. The van der Waals surface area contributed by atoms with Gasteiger partial charge in [0.2, 0.25) is 11.8 Å². The van der Waals surface area contributed by atoms with Crippen molar-refractivity contribution in [3.63, 3.8) is 0 Å². The van der Waals surface area contributed by atoms with Crippen molar-refractivity contribution in [1.29, 1.82) is 0 Å². The summed E-state index contributed by atoms with van der Waals surface area (Å²) in [5.74, 6) is 0.0840. The minimum Gasteiger partial charge on any atom is -0.504 e. The number of likely N-dealkylation sites (tertiary alicyclic amines) is 1. The van der Waals surface area contributed by atoms with E-state index in [1.54, 1.807) is 6.07 Å². The zero-order valence-electron chi connectivity index (χ0n) is 11.8. The van der Waals surface area contributed by atoms with Crippen LogP contribution in [0.1, 0.15) is 25.7 Å². The molecule has 1 aliphatic heterocycles. The van der Waals surface area contributed by atoms with E-state index in [0.717, 1.165) is 32.2 Å². The molecule has 6 heteroatoms. The normalized spacial score (nSPS) is 21.9. The van der Waals surface area contributed by atoms with Gasteiger partial charge in [-0.2, -0.15) is 0 Å². The number of hydrogen-bond acceptors (Lipinski definition) is 4. The molecule has 0 spiro atoms. The Labute approximate surface area is 123 Å². The van der Waals surface area contributed by atoms with E-state index in [1.807, 2.05) is 4.90 Å². The highest BCUT2D eigenvalue weighted by atomic mass is 16.3. The van der Waals surface area contributed by atoms with Gasteiger partial charge in [-0.05, 0) is 37.8 Å². The van der Waals surface area contributed by atoms with Gasteiger partial charge in [-0.1, -0.05) is 0 Å². The predicted molar refractivity (Wildman–Crippen MR) is 76.6 cm³/mol. The molecule has 2 heterocycles. The minimum absolute atomic E-state index is 0.0485. The maximum absolute atomic E-state index is 12.3. The molecule has 6 nitrogen and oxygen atoms in total. The third-order valence-electron chi connectivity index (χ3n) is 4.06. The Hall–Kier alpha value is -2.11. The van der Waals surface area contributed by atoms with Crippen LogP contribution >= 0.6 is 0 Å². The highest BCUT2D eigenvalue weighted by molar-refractivity contribution is 5.93. The van der Waals surface area contributed by atoms with Gasteiger partial charge in [-0.3, -0.25) is 9.59 Å². The molecule has 0 bridgehead atoms. The fourth-order valence-corrected chi connectivity index (χ4v) is 2.69. The topological polar surface area (TPSA) is 82.5 Å². The first-order valence-electron chi connectivity index (χ1n) is 7.39. The molecule has 0 aromatic carbocycles. The third-order valence-corrected chi connectivity index (χ3v) is 4.06. The molecule has 2 N–H and O–H groups in total. The van der Waals surface area contributed by atoms with E-state index in [2.05, 4.69) is 10.3 Å². The number of aromatic hydroxyl groups is 1. The molecule has 0 radical (unpaired) electrons. The molecule has 1 saturated heterocycles. The number of aromatic nitrogens is 1. The number of amides is 2. The number of piperidine rings is 1. The Balaban J connectivity index is 1.61. The van der Waals surface area contributed by atoms with Crippen LogP contribution in [0.3, 0.4) is 0 Å². The molecule has 0 unspecified atom stereocenters. The van der Waals surface area contributed by atoms with Gasteiger partial charge >= 0.3 is 0 Å². The van der Waals surface area contributed by atoms with Gasteiger partial charge in [0.15, 0.2) is 11.6 Å². The van der Waals surface area contributed by atoms with Gasteiger partial charge in [0, 0.05) is 25.2 Å². The lowest BCUT2D eigenvalue weighted by atomic mass is 9.96. The molecule has 2 fully saturated rings. The van der Waals surface area contributed by atoms with E-state index < -0.39 is 0 Å². The van der Waals surface area contributed by atoms with Gasteiger partial charge < -0.3 is 15.3 Å². The number of carbonyl (C=O) groups excluding carboxylic acids is 2. The van der Waals surface area contributed by atoms with E-state index in [1.165, 1.54) is 12.3 Å². The molecule has 3 rings (SSSR count). The molecule has 112 valence electrons. The molecule has 1 saturated carbocycles. The molecule has 2 aliphatic rings. The van der Waals surface area contributed by atoms with Crippen molar-refractivity contribution < 1.29 is 14.7 Å².